The van der Waals surface area contributed by atoms with Gasteiger partial charge in [-0.3, -0.25) is 4.98 Å². The number of furan rings is 1. The Bertz CT molecular complexity index is 871. The number of aromatic nitrogens is 2. The number of aryl methyl sites for hydroxylation is 2. The van der Waals surface area contributed by atoms with E-state index in [9.17, 15) is 0 Å². The van der Waals surface area contributed by atoms with Crippen molar-refractivity contribution in [2.24, 2.45) is 0 Å². The summed E-state index contributed by atoms with van der Waals surface area (Å²) in [6.07, 6.45) is 8.54. The summed E-state index contributed by atoms with van der Waals surface area (Å²) in [5.74, 6) is 1.15. The molecule has 1 aliphatic carbocycles. The molecule has 0 bridgehead atoms. The maximum Gasteiger partial charge on any atom is 0.253 e. The molecule has 0 aliphatic heterocycles. The Labute approximate surface area is 136 Å². The zero-order valence-corrected chi connectivity index (χ0v) is 14.1. The number of H-pyrrole nitrogens is 1. The van der Waals surface area contributed by atoms with E-state index >= 15 is 0 Å². The van der Waals surface area contributed by atoms with Crippen LogP contribution in [-0.2, 0) is 18.3 Å². The molecule has 1 N–H and O–H groups in total. The van der Waals surface area contributed by atoms with Crippen LogP contribution in [-0.4, -0.2) is 4.98 Å². The van der Waals surface area contributed by atoms with E-state index in [-0.39, 0.29) is 5.41 Å². The predicted octanol–water partition coefficient (Wildman–Crippen LogP) is 4.49. The normalized spacial score (nSPS) is 14.9. The fourth-order valence-electron chi connectivity index (χ4n) is 3.44. The number of rotatable bonds is 1. The fraction of sp³-hybridized carbons (Fsp3) is 0.400. The summed E-state index contributed by atoms with van der Waals surface area (Å²) in [6.45, 7) is 6.68. The summed E-state index contributed by atoms with van der Waals surface area (Å²) in [7, 11) is 0. The summed E-state index contributed by atoms with van der Waals surface area (Å²) >= 11 is 0. The van der Waals surface area contributed by atoms with Crippen molar-refractivity contribution < 1.29 is 9.40 Å². The molecule has 0 spiro atoms. The van der Waals surface area contributed by atoms with Gasteiger partial charge in [-0.2, -0.15) is 0 Å². The first-order valence-electron chi connectivity index (χ1n) is 8.46. The first kappa shape index (κ1) is 14.4. The molecule has 0 saturated heterocycles. The lowest BCUT2D eigenvalue weighted by atomic mass is 9.87. The van der Waals surface area contributed by atoms with Gasteiger partial charge in [0.25, 0.3) is 5.52 Å². The lowest BCUT2D eigenvalue weighted by Gasteiger charge is -2.19. The maximum absolute atomic E-state index is 6.23. The Morgan fingerprint density at radius 2 is 1.96 bits per heavy atom. The van der Waals surface area contributed by atoms with E-state index in [0.717, 1.165) is 41.0 Å². The van der Waals surface area contributed by atoms with Gasteiger partial charge in [0.15, 0.2) is 6.20 Å². The summed E-state index contributed by atoms with van der Waals surface area (Å²) in [4.78, 5) is 8.00. The molecule has 4 rings (SSSR count). The minimum Gasteiger partial charge on any atom is -0.453 e. The second-order valence-corrected chi connectivity index (χ2v) is 7.49. The molecule has 3 aromatic heterocycles. The van der Waals surface area contributed by atoms with Crippen molar-refractivity contribution in [3.8, 4) is 11.3 Å². The van der Waals surface area contributed by atoms with Crippen molar-refractivity contribution in [3.05, 3.63) is 47.5 Å². The highest BCUT2D eigenvalue weighted by molar-refractivity contribution is 5.89. The number of hydrogen-bond donors (Lipinski definition) is 0. The minimum atomic E-state index is 0.111. The van der Waals surface area contributed by atoms with E-state index in [1.165, 1.54) is 24.0 Å². The topological polar surface area (TPSA) is 40.2 Å². The largest absolute Gasteiger partial charge is 0.453 e. The SMILES string of the molecule is CC(C)(C)c1ccnc(-c2cc[nH+]c3c4c(oc23)CCCC4)c1. The van der Waals surface area contributed by atoms with E-state index in [1.54, 1.807) is 0 Å². The quantitative estimate of drug-likeness (QED) is 0.665. The van der Waals surface area contributed by atoms with Crippen LogP contribution in [0.15, 0.2) is 35.0 Å². The molecule has 0 unspecified atom stereocenters. The smallest absolute Gasteiger partial charge is 0.253 e. The molecule has 3 heteroatoms. The van der Waals surface area contributed by atoms with Crippen LogP contribution in [0.3, 0.4) is 0 Å². The van der Waals surface area contributed by atoms with Gasteiger partial charge in [0.05, 0.1) is 16.8 Å². The maximum atomic E-state index is 6.23. The molecule has 3 heterocycles. The molecule has 0 saturated carbocycles. The predicted molar refractivity (Wildman–Crippen MR) is 91.3 cm³/mol. The Morgan fingerprint density at radius 1 is 1.13 bits per heavy atom. The van der Waals surface area contributed by atoms with Crippen molar-refractivity contribution in [1.82, 2.24) is 4.98 Å². The first-order valence-corrected chi connectivity index (χ1v) is 8.46. The van der Waals surface area contributed by atoms with Gasteiger partial charge in [-0.1, -0.05) is 20.8 Å². The van der Waals surface area contributed by atoms with Crippen LogP contribution in [0.1, 0.15) is 50.5 Å². The molecule has 23 heavy (non-hydrogen) atoms. The monoisotopic (exact) mass is 307 g/mol. The van der Waals surface area contributed by atoms with Crippen LogP contribution in [0.25, 0.3) is 22.4 Å². The van der Waals surface area contributed by atoms with Crippen LogP contribution < -0.4 is 4.98 Å². The van der Waals surface area contributed by atoms with Crippen LogP contribution in [0.4, 0.5) is 0 Å². The van der Waals surface area contributed by atoms with Gasteiger partial charge in [0.2, 0.25) is 5.58 Å². The second kappa shape index (κ2) is 5.19. The Balaban J connectivity index is 1.91. The summed E-state index contributed by atoms with van der Waals surface area (Å²) in [5, 5.41) is 0. The van der Waals surface area contributed by atoms with Crippen LogP contribution in [0.5, 0.6) is 0 Å². The second-order valence-electron chi connectivity index (χ2n) is 7.49. The summed E-state index contributed by atoms with van der Waals surface area (Å²) in [5.41, 5.74) is 6.94. The lowest BCUT2D eigenvalue weighted by Crippen LogP contribution is -2.11. The summed E-state index contributed by atoms with van der Waals surface area (Å²) < 4.78 is 6.23. The van der Waals surface area contributed by atoms with Crippen molar-refractivity contribution in [2.75, 3.05) is 0 Å². The average Bonchev–Trinajstić information content (AvgIpc) is 2.93. The molecule has 0 amide bonds. The van der Waals surface area contributed by atoms with Gasteiger partial charge in [0.1, 0.15) is 5.76 Å². The van der Waals surface area contributed by atoms with Gasteiger partial charge in [0, 0.05) is 18.7 Å². The molecule has 1 aliphatic rings. The zero-order chi connectivity index (χ0) is 16.0. The number of nitrogens with zero attached hydrogens (tertiary/aromatic N) is 1. The van der Waals surface area contributed by atoms with Gasteiger partial charge in [-0.25, -0.2) is 4.98 Å². The molecule has 3 nitrogen and oxygen atoms in total. The molecule has 118 valence electrons. The van der Waals surface area contributed by atoms with Crippen molar-refractivity contribution in [1.29, 1.82) is 0 Å². The molecule has 0 fully saturated rings. The van der Waals surface area contributed by atoms with Crippen LogP contribution in [0.2, 0.25) is 0 Å². The van der Waals surface area contributed by atoms with Crippen molar-refractivity contribution >= 4 is 11.1 Å². The summed E-state index contributed by atoms with van der Waals surface area (Å²) in [6, 6.07) is 6.37. The van der Waals surface area contributed by atoms with Crippen molar-refractivity contribution in [2.45, 2.75) is 51.9 Å². The van der Waals surface area contributed by atoms with E-state index in [0.29, 0.717) is 0 Å². The lowest BCUT2D eigenvalue weighted by molar-refractivity contribution is -0.345. The number of fused-ring (bicyclic) bond motifs is 3. The van der Waals surface area contributed by atoms with E-state index in [2.05, 4.69) is 48.9 Å². The molecule has 3 aromatic rings. The Hall–Kier alpha value is -2.16. The third kappa shape index (κ3) is 2.44. The molecule has 0 atom stereocenters. The van der Waals surface area contributed by atoms with Crippen LogP contribution >= 0.6 is 0 Å². The van der Waals surface area contributed by atoms with E-state index < -0.39 is 0 Å². The van der Waals surface area contributed by atoms with Gasteiger partial charge in [-0.05, 0) is 42.4 Å². The highest BCUT2D eigenvalue weighted by atomic mass is 16.3. The molecule has 0 radical (unpaired) electrons. The minimum absolute atomic E-state index is 0.111. The van der Waals surface area contributed by atoms with E-state index in [4.69, 9.17) is 4.42 Å². The molecular weight excluding hydrogens is 284 g/mol. The standard InChI is InChI=1S/C20H22N2O/c1-20(2,3)13-8-10-21-16(12-13)14-9-11-22-18-15-6-4-5-7-17(15)23-19(14)18/h8-12H,4-7H2,1-3H3/p+1. The van der Waals surface area contributed by atoms with Gasteiger partial charge in [-0.15, -0.1) is 0 Å². The molecule has 0 aromatic carbocycles. The zero-order valence-electron chi connectivity index (χ0n) is 14.1. The number of nitrogens with one attached hydrogen (secondary N) is 1. The molecular formula is C20H23N2O+. The average molecular weight is 307 g/mol. The van der Waals surface area contributed by atoms with E-state index in [1.807, 2.05) is 12.4 Å². The third-order valence-corrected chi connectivity index (χ3v) is 4.80. The highest BCUT2D eigenvalue weighted by Crippen LogP contribution is 2.35. The number of pyridine rings is 2. The number of hydrogen-bond acceptors (Lipinski definition) is 2. The Kier molecular flexibility index (Phi) is 3.26. The van der Waals surface area contributed by atoms with Crippen LogP contribution in [0, 0.1) is 0 Å². The third-order valence-electron chi connectivity index (χ3n) is 4.80. The fourth-order valence-corrected chi connectivity index (χ4v) is 3.44. The Morgan fingerprint density at radius 3 is 2.78 bits per heavy atom. The first-order chi connectivity index (χ1) is 11.0. The number of aromatic amines is 1. The highest BCUT2D eigenvalue weighted by Gasteiger charge is 2.25. The van der Waals surface area contributed by atoms with Crippen molar-refractivity contribution in [3.63, 3.8) is 0 Å². The van der Waals surface area contributed by atoms with Gasteiger partial charge < -0.3 is 4.42 Å². The van der Waals surface area contributed by atoms with Gasteiger partial charge >= 0.3 is 0 Å².